The molecule has 0 bridgehead atoms. The van der Waals surface area contributed by atoms with Gasteiger partial charge in [-0.15, -0.1) is 0 Å². The standard InChI is InChI=1S/C11H15ClN2O4S/c1-7-6-13-9(5-8(7)19(12,16)17)14-10(15)18-11(2,3)4/h5-6H,1-4H3,(H,13,14,15). The van der Waals surface area contributed by atoms with Crippen LogP contribution in [0.1, 0.15) is 26.3 Å². The summed E-state index contributed by atoms with van der Waals surface area (Å²) < 4.78 is 27.7. The monoisotopic (exact) mass is 306 g/mol. The maximum absolute atomic E-state index is 11.5. The van der Waals surface area contributed by atoms with Crippen LogP contribution in [0.25, 0.3) is 0 Å². The molecule has 0 fully saturated rings. The highest BCUT2D eigenvalue weighted by molar-refractivity contribution is 8.13. The summed E-state index contributed by atoms with van der Waals surface area (Å²) in [5.41, 5.74) is -0.263. The summed E-state index contributed by atoms with van der Waals surface area (Å²) in [6.07, 6.45) is 0.587. The highest BCUT2D eigenvalue weighted by atomic mass is 35.7. The topological polar surface area (TPSA) is 85.4 Å². The molecule has 0 unspecified atom stereocenters. The summed E-state index contributed by atoms with van der Waals surface area (Å²) in [4.78, 5) is 15.3. The van der Waals surface area contributed by atoms with E-state index in [1.807, 2.05) is 0 Å². The zero-order valence-electron chi connectivity index (χ0n) is 11.0. The predicted octanol–water partition coefficient (Wildman–Crippen LogP) is 2.66. The predicted molar refractivity (Wildman–Crippen MR) is 71.9 cm³/mol. The van der Waals surface area contributed by atoms with Crippen molar-refractivity contribution in [2.75, 3.05) is 5.32 Å². The number of nitrogens with zero attached hydrogens (tertiary/aromatic N) is 1. The van der Waals surface area contributed by atoms with Gasteiger partial charge in [0.1, 0.15) is 11.4 Å². The van der Waals surface area contributed by atoms with Crippen LogP contribution in [0.15, 0.2) is 17.2 Å². The number of nitrogens with one attached hydrogen (secondary N) is 1. The summed E-state index contributed by atoms with van der Waals surface area (Å²) >= 11 is 0. The minimum absolute atomic E-state index is 0.0547. The highest BCUT2D eigenvalue weighted by Gasteiger charge is 2.19. The number of amides is 1. The number of halogens is 1. The van der Waals surface area contributed by atoms with E-state index in [0.29, 0.717) is 5.56 Å². The number of ether oxygens (including phenoxy) is 1. The molecule has 0 saturated carbocycles. The number of rotatable bonds is 2. The average Bonchev–Trinajstić information content (AvgIpc) is 2.16. The zero-order chi connectivity index (χ0) is 14.8. The molecule has 19 heavy (non-hydrogen) atoms. The van der Waals surface area contributed by atoms with Crippen LogP contribution >= 0.6 is 10.7 Å². The molecule has 1 aromatic heterocycles. The number of carbonyl (C=O) groups excluding carboxylic acids is 1. The molecule has 0 aliphatic carbocycles. The molecule has 1 amide bonds. The molecule has 106 valence electrons. The fraction of sp³-hybridized carbons (Fsp3) is 0.455. The van der Waals surface area contributed by atoms with E-state index in [2.05, 4.69) is 10.3 Å². The van der Waals surface area contributed by atoms with Gasteiger partial charge in [-0.2, -0.15) is 0 Å². The second kappa shape index (κ2) is 5.34. The first-order valence-electron chi connectivity index (χ1n) is 5.40. The van der Waals surface area contributed by atoms with Crippen LogP contribution in [0.4, 0.5) is 10.6 Å². The molecule has 0 spiro atoms. The lowest BCUT2D eigenvalue weighted by Gasteiger charge is -2.19. The van der Waals surface area contributed by atoms with E-state index in [1.54, 1.807) is 27.7 Å². The normalized spacial score (nSPS) is 12.1. The van der Waals surface area contributed by atoms with Crippen LogP contribution in [0.2, 0.25) is 0 Å². The van der Waals surface area contributed by atoms with Gasteiger partial charge < -0.3 is 4.74 Å². The van der Waals surface area contributed by atoms with Gasteiger partial charge in [0.25, 0.3) is 9.05 Å². The molecule has 0 aliphatic heterocycles. The van der Waals surface area contributed by atoms with E-state index < -0.39 is 20.7 Å². The van der Waals surface area contributed by atoms with Gasteiger partial charge >= 0.3 is 6.09 Å². The maximum Gasteiger partial charge on any atom is 0.413 e. The van der Waals surface area contributed by atoms with E-state index in [-0.39, 0.29) is 10.7 Å². The number of hydrogen-bond donors (Lipinski definition) is 1. The lowest BCUT2D eigenvalue weighted by Crippen LogP contribution is -2.27. The van der Waals surface area contributed by atoms with Crippen LogP contribution in [-0.4, -0.2) is 25.1 Å². The van der Waals surface area contributed by atoms with Crippen LogP contribution in [0.5, 0.6) is 0 Å². The van der Waals surface area contributed by atoms with Crippen molar-refractivity contribution in [1.29, 1.82) is 0 Å². The second-order valence-electron chi connectivity index (χ2n) is 4.90. The number of aryl methyl sites for hydroxylation is 1. The Morgan fingerprint density at radius 3 is 2.47 bits per heavy atom. The third-order valence-electron chi connectivity index (χ3n) is 1.95. The van der Waals surface area contributed by atoms with Gasteiger partial charge in [0.15, 0.2) is 0 Å². The Morgan fingerprint density at radius 1 is 1.42 bits per heavy atom. The molecule has 1 heterocycles. The molecule has 0 aromatic carbocycles. The fourth-order valence-electron chi connectivity index (χ4n) is 1.24. The largest absolute Gasteiger partial charge is 0.444 e. The summed E-state index contributed by atoms with van der Waals surface area (Å²) in [6.45, 7) is 6.69. The molecule has 8 heteroatoms. The Bertz CT molecular complexity index is 593. The maximum atomic E-state index is 11.5. The molecule has 1 rings (SSSR count). The number of carbonyl (C=O) groups is 1. The molecule has 0 radical (unpaired) electrons. The fourth-order valence-corrected chi connectivity index (χ4v) is 2.43. The third-order valence-corrected chi connectivity index (χ3v) is 3.41. The van der Waals surface area contributed by atoms with Gasteiger partial charge in [-0.25, -0.2) is 18.2 Å². The Kier molecular flexibility index (Phi) is 4.42. The average molecular weight is 307 g/mol. The molecule has 6 nitrogen and oxygen atoms in total. The minimum Gasteiger partial charge on any atom is -0.444 e. The van der Waals surface area contributed by atoms with Crippen molar-refractivity contribution in [3.05, 3.63) is 17.8 Å². The zero-order valence-corrected chi connectivity index (χ0v) is 12.6. The van der Waals surface area contributed by atoms with E-state index in [1.165, 1.54) is 12.3 Å². The van der Waals surface area contributed by atoms with Gasteiger partial charge in [-0.05, 0) is 33.3 Å². The van der Waals surface area contributed by atoms with Gasteiger partial charge in [0, 0.05) is 22.9 Å². The first-order chi connectivity index (χ1) is 8.49. The lowest BCUT2D eigenvalue weighted by molar-refractivity contribution is 0.0635. The van der Waals surface area contributed by atoms with Crippen LogP contribution in [-0.2, 0) is 13.8 Å². The number of pyridine rings is 1. The molecule has 1 aromatic rings. The van der Waals surface area contributed by atoms with Gasteiger partial charge in [0.05, 0.1) is 4.90 Å². The van der Waals surface area contributed by atoms with Gasteiger partial charge in [-0.1, -0.05) is 0 Å². The molecule has 0 atom stereocenters. The van der Waals surface area contributed by atoms with E-state index in [4.69, 9.17) is 15.4 Å². The quantitative estimate of drug-likeness (QED) is 0.849. The molecule has 1 N–H and O–H groups in total. The van der Waals surface area contributed by atoms with Gasteiger partial charge in [0.2, 0.25) is 0 Å². The van der Waals surface area contributed by atoms with Crippen molar-refractivity contribution in [2.24, 2.45) is 0 Å². The van der Waals surface area contributed by atoms with Crippen LogP contribution in [0, 0.1) is 6.92 Å². The first kappa shape index (κ1) is 15.7. The third kappa shape index (κ3) is 5.04. The molecular weight excluding hydrogens is 292 g/mol. The number of anilines is 1. The van der Waals surface area contributed by atoms with Crippen molar-refractivity contribution >= 4 is 31.6 Å². The Morgan fingerprint density at radius 2 is 2.00 bits per heavy atom. The summed E-state index contributed by atoms with van der Waals surface area (Å²) in [5, 5.41) is 2.34. The lowest BCUT2D eigenvalue weighted by atomic mass is 10.2. The molecular formula is C11H15ClN2O4S. The van der Waals surface area contributed by atoms with Crippen molar-refractivity contribution in [3.8, 4) is 0 Å². The molecule has 0 saturated heterocycles. The second-order valence-corrected chi connectivity index (χ2v) is 7.43. The van der Waals surface area contributed by atoms with Crippen molar-refractivity contribution in [3.63, 3.8) is 0 Å². The van der Waals surface area contributed by atoms with E-state index in [0.717, 1.165) is 0 Å². The number of hydrogen-bond acceptors (Lipinski definition) is 5. The Balaban J connectivity index is 2.96. The first-order valence-corrected chi connectivity index (χ1v) is 7.71. The highest BCUT2D eigenvalue weighted by Crippen LogP contribution is 2.21. The minimum atomic E-state index is -3.89. The van der Waals surface area contributed by atoms with E-state index >= 15 is 0 Å². The SMILES string of the molecule is Cc1cnc(NC(=O)OC(C)(C)C)cc1S(=O)(=O)Cl. The number of aromatic nitrogens is 1. The van der Waals surface area contributed by atoms with Crippen molar-refractivity contribution in [1.82, 2.24) is 4.98 Å². The smallest absolute Gasteiger partial charge is 0.413 e. The van der Waals surface area contributed by atoms with Crippen molar-refractivity contribution in [2.45, 2.75) is 38.2 Å². The Labute approximate surface area is 116 Å². The van der Waals surface area contributed by atoms with Crippen LogP contribution < -0.4 is 5.32 Å². The Hall–Kier alpha value is -1.34. The van der Waals surface area contributed by atoms with Crippen LogP contribution in [0.3, 0.4) is 0 Å². The summed E-state index contributed by atoms with van der Waals surface area (Å²) in [7, 11) is 1.39. The summed E-state index contributed by atoms with van der Waals surface area (Å²) in [5.74, 6) is 0.0547. The van der Waals surface area contributed by atoms with Crippen molar-refractivity contribution < 1.29 is 17.9 Å². The van der Waals surface area contributed by atoms with E-state index in [9.17, 15) is 13.2 Å². The van der Waals surface area contributed by atoms with Gasteiger partial charge in [-0.3, -0.25) is 5.32 Å². The summed E-state index contributed by atoms with van der Waals surface area (Å²) in [6, 6.07) is 1.18. The molecule has 0 aliphatic rings.